The highest BCUT2D eigenvalue weighted by Crippen LogP contribution is 2.36. The lowest BCUT2D eigenvalue weighted by atomic mass is 9.89. The second kappa shape index (κ2) is 5.95. The number of ether oxygens (including phenoxy) is 1. The Kier molecular flexibility index (Phi) is 4.50. The van der Waals surface area contributed by atoms with Crippen molar-refractivity contribution in [2.45, 2.75) is 58.5 Å². The van der Waals surface area contributed by atoms with E-state index in [9.17, 15) is 9.90 Å². The van der Waals surface area contributed by atoms with Gasteiger partial charge in [0, 0.05) is 4.88 Å². The molecule has 2 atom stereocenters. The number of rotatable bonds is 4. The molecule has 0 radical (unpaired) electrons. The molecule has 4 heteroatoms. The predicted octanol–water partition coefficient (Wildman–Crippen LogP) is 4.53. The van der Waals surface area contributed by atoms with Crippen LogP contribution in [-0.4, -0.2) is 17.2 Å². The molecular formula is C15H22O3S. The summed E-state index contributed by atoms with van der Waals surface area (Å²) in [4.78, 5) is 12.7. The molecule has 0 saturated heterocycles. The molecule has 1 N–H and O–H groups in total. The van der Waals surface area contributed by atoms with Gasteiger partial charge in [-0.1, -0.05) is 27.2 Å². The minimum absolute atomic E-state index is 0.177. The van der Waals surface area contributed by atoms with Gasteiger partial charge in [0.2, 0.25) is 0 Å². The maximum atomic E-state index is 11.3. The summed E-state index contributed by atoms with van der Waals surface area (Å²) in [6.07, 6.45) is 4.68. The van der Waals surface area contributed by atoms with Crippen LogP contribution in [0, 0.1) is 5.92 Å². The third-order valence-corrected chi connectivity index (χ3v) is 5.07. The van der Waals surface area contributed by atoms with Gasteiger partial charge in [-0.3, -0.25) is 0 Å². The molecule has 0 aromatic carbocycles. The van der Waals surface area contributed by atoms with Gasteiger partial charge >= 0.3 is 5.97 Å². The first-order valence-corrected chi connectivity index (χ1v) is 7.82. The molecule has 1 saturated carbocycles. The van der Waals surface area contributed by atoms with Crippen LogP contribution in [-0.2, 0) is 0 Å². The molecule has 1 fully saturated rings. The smallest absolute Gasteiger partial charge is 0.349 e. The van der Waals surface area contributed by atoms with Gasteiger partial charge in [0.15, 0.2) is 4.88 Å². The van der Waals surface area contributed by atoms with Crippen molar-refractivity contribution in [3.8, 4) is 5.75 Å². The number of hydrogen-bond donors (Lipinski definition) is 1. The van der Waals surface area contributed by atoms with Crippen LogP contribution in [0.1, 0.15) is 66.9 Å². The average molecular weight is 282 g/mol. The SMILES string of the molecule is CC1CCCC(Oc2cc(C(C)C)sc2C(=O)O)C1. The molecule has 19 heavy (non-hydrogen) atoms. The third-order valence-electron chi connectivity index (χ3n) is 3.66. The third kappa shape index (κ3) is 3.50. The Bertz CT molecular complexity index is 450. The number of hydrogen-bond acceptors (Lipinski definition) is 3. The summed E-state index contributed by atoms with van der Waals surface area (Å²) in [5.74, 6) is 0.706. The fraction of sp³-hybridized carbons (Fsp3) is 0.667. The highest BCUT2D eigenvalue weighted by molar-refractivity contribution is 7.14. The zero-order chi connectivity index (χ0) is 14.0. The van der Waals surface area contributed by atoms with E-state index in [2.05, 4.69) is 20.8 Å². The minimum Gasteiger partial charge on any atom is -0.489 e. The predicted molar refractivity (Wildman–Crippen MR) is 77.4 cm³/mol. The fourth-order valence-electron chi connectivity index (χ4n) is 2.58. The molecule has 2 rings (SSSR count). The van der Waals surface area contributed by atoms with Crippen LogP contribution in [0.3, 0.4) is 0 Å². The van der Waals surface area contributed by atoms with Crippen molar-refractivity contribution >= 4 is 17.3 Å². The molecule has 1 aliphatic rings. The fourth-order valence-corrected chi connectivity index (χ4v) is 3.51. The van der Waals surface area contributed by atoms with E-state index >= 15 is 0 Å². The summed E-state index contributed by atoms with van der Waals surface area (Å²) in [5, 5.41) is 9.27. The summed E-state index contributed by atoms with van der Waals surface area (Å²) in [6.45, 7) is 6.38. The number of carboxylic acid groups (broad SMARTS) is 1. The van der Waals surface area contributed by atoms with Crippen molar-refractivity contribution < 1.29 is 14.6 Å². The summed E-state index contributed by atoms with van der Waals surface area (Å²) < 4.78 is 5.98. The van der Waals surface area contributed by atoms with E-state index in [1.54, 1.807) is 0 Å². The van der Waals surface area contributed by atoms with Crippen molar-refractivity contribution in [1.29, 1.82) is 0 Å². The van der Waals surface area contributed by atoms with Gasteiger partial charge in [-0.25, -0.2) is 4.79 Å². The van der Waals surface area contributed by atoms with Crippen LogP contribution in [0.2, 0.25) is 0 Å². The first-order valence-electron chi connectivity index (χ1n) is 7.01. The summed E-state index contributed by atoms with van der Waals surface area (Å²) in [6, 6.07) is 1.91. The Morgan fingerprint density at radius 3 is 2.79 bits per heavy atom. The summed E-state index contributed by atoms with van der Waals surface area (Å²) in [5.41, 5.74) is 0. The van der Waals surface area contributed by atoms with Gasteiger partial charge in [-0.2, -0.15) is 0 Å². The largest absolute Gasteiger partial charge is 0.489 e. The molecule has 1 aromatic rings. The summed E-state index contributed by atoms with van der Waals surface area (Å²) >= 11 is 1.34. The lowest BCUT2D eigenvalue weighted by Gasteiger charge is -2.27. The molecule has 0 spiro atoms. The molecule has 0 aliphatic heterocycles. The monoisotopic (exact) mass is 282 g/mol. The van der Waals surface area contributed by atoms with Gasteiger partial charge in [0.25, 0.3) is 0 Å². The molecule has 1 aliphatic carbocycles. The van der Waals surface area contributed by atoms with Crippen LogP contribution in [0.15, 0.2) is 6.07 Å². The molecule has 1 heterocycles. The van der Waals surface area contributed by atoms with Crippen LogP contribution in [0.5, 0.6) is 5.75 Å². The molecule has 2 unspecified atom stereocenters. The molecule has 3 nitrogen and oxygen atoms in total. The highest BCUT2D eigenvalue weighted by Gasteiger charge is 2.24. The Labute approximate surface area is 118 Å². The van der Waals surface area contributed by atoms with Crippen molar-refractivity contribution in [2.75, 3.05) is 0 Å². The lowest BCUT2D eigenvalue weighted by molar-refractivity contribution is 0.0690. The number of carbonyl (C=O) groups is 1. The normalized spacial score (nSPS) is 23.6. The van der Waals surface area contributed by atoms with Crippen LogP contribution in [0.25, 0.3) is 0 Å². The molecule has 1 aromatic heterocycles. The zero-order valence-electron chi connectivity index (χ0n) is 11.8. The zero-order valence-corrected chi connectivity index (χ0v) is 12.6. The van der Waals surface area contributed by atoms with Crippen molar-refractivity contribution in [3.63, 3.8) is 0 Å². The molecule has 0 amide bonds. The first-order chi connectivity index (χ1) is 8.97. The Balaban J connectivity index is 2.16. The van der Waals surface area contributed by atoms with E-state index in [4.69, 9.17) is 4.74 Å². The van der Waals surface area contributed by atoms with E-state index in [-0.39, 0.29) is 6.10 Å². The van der Waals surface area contributed by atoms with Gasteiger partial charge < -0.3 is 9.84 Å². The van der Waals surface area contributed by atoms with Gasteiger partial charge in [-0.05, 0) is 37.2 Å². The number of carboxylic acids is 1. The first kappa shape index (κ1) is 14.4. The number of thiophene rings is 1. The maximum absolute atomic E-state index is 11.3. The number of aromatic carboxylic acids is 1. The molecule has 0 bridgehead atoms. The standard InChI is InChI=1S/C15H22O3S/c1-9(2)13-8-12(14(19-13)15(16)17)18-11-6-4-5-10(3)7-11/h8-11H,4-7H2,1-3H3,(H,16,17). The second-order valence-corrected chi connectivity index (χ2v) is 6.90. The van der Waals surface area contributed by atoms with Crippen LogP contribution in [0.4, 0.5) is 0 Å². The highest BCUT2D eigenvalue weighted by atomic mass is 32.1. The Hall–Kier alpha value is -1.03. The molecular weight excluding hydrogens is 260 g/mol. The van der Waals surface area contributed by atoms with E-state index in [1.807, 2.05) is 6.07 Å². The second-order valence-electron chi connectivity index (χ2n) is 5.81. The van der Waals surface area contributed by atoms with Crippen LogP contribution < -0.4 is 4.74 Å². The van der Waals surface area contributed by atoms with E-state index < -0.39 is 5.97 Å². The molecule has 106 valence electrons. The van der Waals surface area contributed by atoms with Gasteiger partial charge in [0.1, 0.15) is 5.75 Å². The van der Waals surface area contributed by atoms with Gasteiger partial charge in [0.05, 0.1) is 6.10 Å². The van der Waals surface area contributed by atoms with Crippen LogP contribution >= 0.6 is 11.3 Å². The quantitative estimate of drug-likeness (QED) is 0.882. The Morgan fingerprint density at radius 1 is 1.47 bits per heavy atom. The lowest BCUT2D eigenvalue weighted by Crippen LogP contribution is -2.24. The summed E-state index contributed by atoms with van der Waals surface area (Å²) in [7, 11) is 0. The average Bonchev–Trinajstić information content (AvgIpc) is 2.73. The van der Waals surface area contributed by atoms with E-state index in [0.717, 1.165) is 17.7 Å². The van der Waals surface area contributed by atoms with Crippen molar-refractivity contribution in [3.05, 3.63) is 15.8 Å². The van der Waals surface area contributed by atoms with E-state index in [0.29, 0.717) is 22.5 Å². The topological polar surface area (TPSA) is 46.5 Å². The van der Waals surface area contributed by atoms with Crippen molar-refractivity contribution in [2.24, 2.45) is 5.92 Å². The van der Waals surface area contributed by atoms with E-state index in [1.165, 1.54) is 24.2 Å². The maximum Gasteiger partial charge on any atom is 0.349 e. The van der Waals surface area contributed by atoms with Gasteiger partial charge in [-0.15, -0.1) is 11.3 Å². The van der Waals surface area contributed by atoms with Crippen molar-refractivity contribution in [1.82, 2.24) is 0 Å². The minimum atomic E-state index is -0.879. The Morgan fingerprint density at radius 2 is 2.21 bits per heavy atom.